The Hall–Kier alpha value is -2.10. The number of hydrogen-bond acceptors (Lipinski definition) is 2. The quantitative estimate of drug-likeness (QED) is 0.808. The summed E-state index contributed by atoms with van der Waals surface area (Å²) in [4.78, 5) is 11.7. The molecule has 1 atom stereocenters. The van der Waals surface area contributed by atoms with Crippen LogP contribution in [0.15, 0.2) is 36.5 Å². The topological polar surface area (TPSA) is 46.9 Å². The number of anilines is 1. The van der Waals surface area contributed by atoms with E-state index in [0.717, 1.165) is 16.9 Å². The third-order valence-corrected chi connectivity index (χ3v) is 3.19. The number of aryl methyl sites for hydroxylation is 1. The second-order valence-corrected chi connectivity index (χ2v) is 4.29. The molecule has 86 valence electrons. The minimum Gasteiger partial charge on any atom is -0.311 e. The Kier molecular flexibility index (Phi) is 2.21. The maximum atomic E-state index is 11.7. The van der Waals surface area contributed by atoms with Crippen LogP contribution in [0.3, 0.4) is 0 Å². The normalized spacial score (nSPS) is 18.6. The average molecular weight is 227 g/mol. The molecule has 1 N–H and O–H groups in total. The van der Waals surface area contributed by atoms with Gasteiger partial charge in [-0.3, -0.25) is 9.48 Å². The van der Waals surface area contributed by atoms with E-state index in [1.165, 1.54) is 0 Å². The number of nitrogens with zero attached hydrogens (tertiary/aromatic N) is 2. The molecule has 2 aromatic rings. The van der Waals surface area contributed by atoms with Gasteiger partial charge in [0, 0.05) is 24.9 Å². The van der Waals surface area contributed by atoms with Crippen molar-refractivity contribution in [3.05, 3.63) is 47.7 Å². The van der Waals surface area contributed by atoms with Gasteiger partial charge >= 0.3 is 0 Å². The number of hydrogen-bond donors (Lipinski definition) is 1. The fourth-order valence-corrected chi connectivity index (χ4v) is 2.32. The minimum atomic E-state index is 0.0509. The Morgan fingerprint density at radius 2 is 2.12 bits per heavy atom. The van der Waals surface area contributed by atoms with Gasteiger partial charge in [0.05, 0.1) is 6.20 Å². The summed E-state index contributed by atoms with van der Waals surface area (Å²) < 4.78 is 1.71. The van der Waals surface area contributed by atoms with E-state index in [4.69, 9.17) is 0 Å². The highest BCUT2D eigenvalue weighted by molar-refractivity contribution is 5.94. The number of nitrogens with one attached hydrogen (secondary N) is 1. The van der Waals surface area contributed by atoms with Gasteiger partial charge in [-0.15, -0.1) is 0 Å². The molecule has 1 amide bonds. The molecule has 0 unspecified atom stereocenters. The Balaban J connectivity index is 2.10. The summed E-state index contributed by atoms with van der Waals surface area (Å²) >= 11 is 0. The molecule has 1 aliphatic rings. The van der Waals surface area contributed by atoms with Gasteiger partial charge in [-0.25, -0.2) is 0 Å². The molecule has 17 heavy (non-hydrogen) atoms. The van der Waals surface area contributed by atoms with Crippen LogP contribution in [0.25, 0.3) is 0 Å². The van der Waals surface area contributed by atoms with Gasteiger partial charge in [0.15, 0.2) is 0 Å². The largest absolute Gasteiger partial charge is 0.311 e. The van der Waals surface area contributed by atoms with Crippen LogP contribution in [-0.2, 0) is 11.8 Å². The molecular formula is C13H13N3O. The first-order valence-electron chi connectivity index (χ1n) is 5.62. The van der Waals surface area contributed by atoms with Gasteiger partial charge in [0.25, 0.3) is 0 Å². The number of aromatic nitrogens is 2. The zero-order valence-corrected chi connectivity index (χ0v) is 9.55. The van der Waals surface area contributed by atoms with E-state index in [2.05, 4.69) is 22.5 Å². The Labute approximate surface area is 99.3 Å². The number of rotatable bonds is 1. The molecule has 4 heteroatoms. The van der Waals surface area contributed by atoms with Crippen molar-refractivity contribution >= 4 is 11.7 Å². The molecule has 0 saturated heterocycles. The Bertz CT molecular complexity index is 559. The van der Waals surface area contributed by atoms with Crippen molar-refractivity contribution in [1.82, 2.24) is 9.78 Å². The lowest BCUT2D eigenvalue weighted by molar-refractivity contribution is -0.116. The van der Waals surface area contributed by atoms with Gasteiger partial charge in [0.1, 0.15) is 5.82 Å². The van der Waals surface area contributed by atoms with Crippen LogP contribution in [0.1, 0.15) is 23.5 Å². The first kappa shape index (κ1) is 10.1. The molecule has 1 aliphatic heterocycles. The highest BCUT2D eigenvalue weighted by Gasteiger charge is 2.28. The highest BCUT2D eigenvalue weighted by Crippen LogP contribution is 2.36. The number of carbonyl (C=O) groups is 1. The molecule has 0 bridgehead atoms. The summed E-state index contributed by atoms with van der Waals surface area (Å²) in [6, 6.07) is 10.1. The molecule has 0 saturated carbocycles. The van der Waals surface area contributed by atoms with Crippen molar-refractivity contribution in [2.75, 3.05) is 5.32 Å². The summed E-state index contributed by atoms with van der Waals surface area (Å²) in [5, 5.41) is 7.08. The second kappa shape index (κ2) is 3.73. The minimum absolute atomic E-state index is 0.0509. The van der Waals surface area contributed by atoms with Crippen molar-refractivity contribution < 1.29 is 4.79 Å². The van der Waals surface area contributed by atoms with Gasteiger partial charge in [-0.2, -0.15) is 5.10 Å². The molecule has 0 aliphatic carbocycles. The third kappa shape index (κ3) is 1.62. The molecule has 0 radical (unpaired) electrons. The van der Waals surface area contributed by atoms with Crippen LogP contribution in [-0.4, -0.2) is 15.7 Å². The van der Waals surface area contributed by atoms with Crippen molar-refractivity contribution in [2.24, 2.45) is 7.05 Å². The standard InChI is InChI=1S/C13H13N3O/c1-16-13-11(8-14-16)10(7-12(17)15-13)9-5-3-2-4-6-9/h2-6,8,10H,7H2,1H3,(H,15,17)/t10-/m0/s1. The first-order chi connectivity index (χ1) is 8.25. The van der Waals surface area contributed by atoms with E-state index < -0.39 is 0 Å². The smallest absolute Gasteiger partial charge is 0.226 e. The molecule has 1 aromatic carbocycles. The Morgan fingerprint density at radius 1 is 1.35 bits per heavy atom. The van der Waals surface area contributed by atoms with E-state index >= 15 is 0 Å². The monoisotopic (exact) mass is 227 g/mol. The van der Waals surface area contributed by atoms with Crippen molar-refractivity contribution in [2.45, 2.75) is 12.3 Å². The predicted molar refractivity (Wildman–Crippen MR) is 64.7 cm³/mol. The van der Waals surface area contributed by atoms with Crippen LogP contribution in [0.4, 0.5) is 5.82 Å². The van der Waals surface area contributed by atoms with E-state index in [1.54, 1.807) is 4.68 Å². The van der Waals surface area contributed by atoms with Crippen LogP contribution in [0, 0.1) is 0 Å². The van der Waals surface area contributed by atoms with Crippen LogP contribution in [0.2, 0.25) is 0 Å². The van der Waals surface area contributed by atoms with Crippen molar-refractivity contribution in [3.63, 3.8) is 0 Å². The lowest BCUT2D eigenvalue weighted by Gasteiger charge is -2.23. The zero-order valence-electron chi connectivity index (χ0n) is 9.55. The number of benzene rings is 1. The summed E-state index contributed by atoms with van der Waals surface area (Å²) in [6.07, 6.45) is 2.33. The lowest BCUT2D eigenvalue weighted by atomic mass is 9.87. The fourth-order valence-electron chi connectivity index (χ4n) is 2.32. The SMILES string of the molecule is Cn1ncc2c1NC(=O)C[C@H]2c1ccccc1. The summed E-state index contributed by atoms with van der Waals surface area (Å²) in [7, 11) is 1.84. The van der Waals surface area contributed by atoms with Crippen molar-refractivity contribution in [1.29, 1.82) is 0 Å². The highest BCUT2D eigenvalue weighted by atomic mass is 16.1. The second-order valence-electron chi connectivity index (χ2n) is 4.29. The first-order valence-corrected chi connectivity index (χ1v) is 5.62. The summed E-state index contributed by atoms with van der Waals surface area (Å²) in [6.45, 7) is 0. The zero-order chi connectivity index (χ0) is 11.8. The van der Waals surface area contributed by atoms with Crippen LogP contribution >= 0.6 is 0 Å². The van der Waals surface area contributed by atoms with Gasteiger partial charge in [0.2, 0.25) is 5.91 Å². The lowest BCUT2D eigenvalue weighted by Crippen LogP contribution is -2.24. The summed E-state index contributed by atoms with van der Waals surface area (Å²) in [5.41, 5.74) is 2.26. The molecule has 0 spiro atoms. The molecule has 0 fully saturated rings. The van der Waals surface area contributed by atoms with Crippen molar-refractivity contribution in [3.8, 4) is 0 Å². The van der Waals surface area contributed by atoms with Gasteiger partial charge in [-0.05, 0) is 5.56 Å². The Morgan fingerprint density at radius 3 is 2.88 bits per heavy atom. The maximum absolute atomic E-state index is 11.7. The van der Waals surface area contributed by atoms with Gasteiger partial charge < -0.3 is 5.32 Å². The van der Waals surface area contributed by atoms with E-state index in [9.17, 15) is 4.79 Å². The molecule has 3 rings (SSSR count). The molecule has 1 aromatic heterocycles. The maximum Gasteiger partial charge on any atom is 0.226 e. The number of amides is 1. The number of carbonyl (C=O) groups excluding carboxylic acids is 1. The van der Waals surface area contributed by atoms with Crippen LogP contribution in [0.5, 0.6) is 0 Å². The third-order valence-electron chi connectivity index (χ3n) is 3.19. The van der Waals surface area contributed by atoms with Gasteiger partial charge in [-0.1, -0.05) is 30.3 Å². The molecular weight excluding hydrogens is 214 g/mol. The number of fused-ring (bicyclic) bond motifs is 1. The van der Waals surface area contributed by atoms with E-state index in [1.807, 2.05) is 31.4 Å². The molecule has 2 heterocycles. The molecule has 4 nitrogen and oxygen atoms in total. The van der Waals surface area contributed by atoms with E-state index in [-0.39, 0.29) is 11.8 Å². The fraction of sp³-hybridized carbons (Fsp3) is 0.231. The summed E-state index contributed by atoms with van der Waals surface area (Å²) in [5.74, 6) is 0.985. The van der Waals surface area contributed by atoms with E-state index in [0.29, 0.717) is 6.42 Å². The predicted octanol–water partition coefficient (Wildman–Crippen LogP) is 1.89. The average Bonchev–Trinajstić information content (AvgIpc) is 2.72. The van der Waals surface area contributed by atoms with Crippen LogP contribution < -0.4 is 5.32 Å².